The van der Waals surface area contributed by atoms with E-state index in [4.69, 9.17) is 0 Å². The second kappa shape index (κ2) is 9.11. The Balaban J connectivity index is 2.43. The van der Waals surface area contributed by atoms with E-state index in [1.54, 1.807) is 12.1 Å². The molecule has 0 N–H and O–H groups in total. The van der Waals surface area contributed by atoms with Crippen molar-refractivity contribution in [1.29, 1.82) is 0 Å². The van der Waals surface area contributed by atoms with Crippen molar-refractivity contribution in [2.45, 2.75) is 13.8 Å². The molecule has 0 aliphatic carbocycles. The highest BCUT2D eigenvalue weighted by molar-refractivity contribution is 5.83. The Hall–Kier alpha value is -3.52. The maximum absolute atomic E-state index is 14.5. The van der Waals surface area contributed by atoms with Gasteiger partial charge in [0, 0.05) is 10.8 Å². The van der Waals surface area contributed by atoms with Crippen molar-refractivity contribution in [3.63, 3.8) is 0 Å². The molecule has 0 aliphatic heterocycles. The summed E-state index contributed by atoms with van der Waals surface area (Å²) in [6.45, 7) is 12.1. The number of allylic oxidation sites excluding steroid dienone is 3. The number of hydrogen-bond donors (Lipinski definition) is 0. The molecule has 0 fully saturated rings. The predicted molar refractivity (Wildman–Crippen MR) is 124 cm³/mol. The lowest BCUT2D eigenvalue weighted by Gasteiger charge is -2.13. The molecule has 0 amide bonds. The first kappa shape index (κ1) is 20.2. The Morgan fingerprint density at radius 2 is 1.69 bits per heavy atom. The van der Waals surface area contributed by atoms with Gasteiger partial charge in [0.15, 0.2) is 0 Å². The number of rotatable bonds is 5. The molecule has 0 bridgehead atoms. The van der Waals surface area contributed by atoms with Crippen LogP contribution in [0.1, 0.15) is 25.0 Å². The highest BCUT2D eigenvalue weighted by atomic mass is 19.1. The highest BCUT2D eigenvalue weighted by Crippen LogP contribution is 2.29. The van der Waals surface area contributed by atoms with E-state index in [9.17, 15) is 4.39 Å². The van der Waals surface area contributed by atoms with Crippen molar-refractivity contribution >= 4 is 24.8 Å². The molecule has 29 heavy (non-hydrogen) atoms. The quantitative estimate of drug-likeness (QED) is 0.528. The van der Waals surface area contributed by atoms with Crippen LogP contribution in [0.5, 0.6) is 0 Å². The first-order valence-corrected chi connectivity index (χ1v) is 9.57. The van der Waals surface area contributed by atoms with Gasteiger partial charge in [0.05, 0.1) is 11.0 Å². The number of nitrogens with zero attached hydrogens (tertiary/aromatic N) is 1. The van der Waals surface area contributed by atoms with Crippen LogP contribution in [0.4, 0.5) is 4.39 Å². The molecule has 0 radical (unpaired) electrons. The lowest BCUT2D eigenvalue weighted by molar-refractivity contribution is 0.630. The topological polar surface area (TPSA) is 12.9 Å². The van der Waals surface area contributed by atoms with Gasteiger partial charge in [0.2, 0.25) is 0 Å². The summed E-state index contributed by atoms with van der Waals surface area (Å²) < 4.78 is 14.5. The van der Waals surface area contributed by atoms with Gasteiger partial charge in [0.1, 0.15) is 5.82 Å². The van der Waals surface area contributed by atoms with Crippen LogP contribution in [0.15, 0.2) is 73.3 Å². The third-order valence-electron chi connectivity index (χ3n) is 4.73. The molecule has 0 unspecified atom stereocenters. The van der Waals surface area contributed by atoms with Crippen LogP contribution in [0.25, 0.3) is 47.2 Å². The summed E-state index contributed by atoms with van der Waals surface area (Å²) in [5, 5.41) is 1.52. The second-order valence-electron chi connectivity index (χ2n) is 6.60. The maximum Gasteiger partial charge on any atom is 0.132 e. The van der Waals surface area contributed by atoms with Crippen molar-refractivity contribution in [3.05, 3.63) is 101 Å². The lowest BCUT2D eigenvalue weighted by Crippen LogP contribution is -2.29. The minimum atomic E-state index is -0.302. The molecular weight excluding hydrogens is 357 g/mol. The molecular formula is C27H24FN. The summed E-state index contributed by atoms with van der Waals surface area (Å²) in [4.78, 5) is 4.61. The second-order valence-corrected chi connectivity index (χ2v) is 6.60. The fraction of sp³-hybridized carbons (Fsp3) is 0.0741. The van der Waals surface area contributed by atoms with E-state index in [1.807, 2.05) is 68.5 Å². The molecule has 2 aromatic carbocycles. The van der Waals surface area contributed by atoms with E-state index in [0.717, 1.165) is 27.5 Å². The predicted octanol–water partition coefficient (Wildman–Crippen LogP) is 6.00. The van der Waals surface area contributed by atoms with Gasteiger partial charge >= 0.3 is 0 Å². The van der Waals surface area contributed by atoms with Crippen molar-refractivity contribution < 1.29 is 4.39 Å². The van der Waals surface area contributed by atoms with E-state index in [1.165, 1.54) is 6.07 Å². The molecule has 0 aliphatic rings. The van der Waals surface area contributed by atoms with E-state index < -0.39 is 0 Å². The normalized spacial score (nSPS) is 12.2. The SMILES string of the molecule is C=Cc1cccc(-c2cc(-c3ccccc3F)nc(=C)/c2=C\C=C/C)c1/C=C\C. The van der Waals surface area contributed by atoms with Crippen LogP contribution in [0.3, 0.4) is 0 Å². The Morgan fingerprint density at radius 3 is 2.38 bits per heavy atom. The first-order valence-electron chi connectivity index (χ1n) is 9.57. The van der Waals surface area contributed by atoms with Gasteiger partial charge in [-0.1, -0.05) is 79.9 Å². The molecule has 1 heterocycles. The molecule has 0 saturated heterocycles. The van der Waals surface area contributed by atoms with Crippen LogP contribution in [-0.4, -0.2) is 4.98 Å². The van der Waals surface area contributed by atoms with Gasteiger partial charge in [-0.05, 0) is 54.3 Å². The molecule has 2 heteroatoms. The van der Waals surface area contributed by atoms with Crippen LogP contribution >= 0.6 is 0 Å². The zero-order valence-corrected chi connectivity index (χ0v) is 16.8. The van der Waals surface area contributed by atoms with Crippen molar-refractivity contribution in [2.24, 2.45) is 0 Å². The van der Waals surface area contributed by atoms with E-state index in [-0.39, 0.29) is 5.82 Å². The van der Waals surface area contributed by atoms with Gasteiger partial charge in [-0.2, -0.15) is 0 Å². The fourth-order valence-corrected chi connectivity index (χ4v) is 3.36. The molecule has 0 spiro atoms. The Morgan fingerprint density at radius 1 is 0.931 bits per heavy atom. The van der Waals surface area contributed by atoms with Gasteiger partial charge in [-0.15, -0.1) is 0 Å². The van der Waals surface area contributed by atoms with Crippen molar-refractivity contribution in [1.82, 2.24) is 4.98 Å². The molecule has 3 rings (SSSR count). The maximum atomic E-state index is 14.5. The van der Waals surface area contributed by atoms with Crippen LogP contribution < -0.4 is 10.6 Å². The third kappa shape index (κ3) is 4.17. The van der Waals surface area contributed by atoms with Crippen molar-refractivity contribution in [2.75, 3.05) is 0 Å². The minimum Gasteiger partial charge on any atom is -0.248 e. The molecule has 0 atom stereocenters. The highest BCUT2D eigenvalue weighted by Gasteiger charge is 2.13. The Labute approximate surface area is 171 Å². The molecule has 1 nitrogen and oxygen atoms in total. The van der Waals surface area contributed by atoms with Crippen molar-refractivity contribution in [3.8, 4) is 22.4 Å². The molecule has 0 saturated carbocycles. The molecule has 3 aromatic rings. The monoisotopic (exact) mass is 381 g/mol. The number of hydrogen-bond acceptors (Lipinski definition) is 1. The van der Waals surface area contributed by atoms with Gasteiger partial charge < -0.3 is 0 Å². The van der Waals surface area contributed by atoms with E-state index in [0.29, 0.717) is 16.6 Å². The summed E-state index contributed by atoms with van der Waals surface area (Å²) in [7, 11) is 0. The van der Waals surface area contributed by atoms with Gasteiger partial charge in [-0.3, -0.25) is 0 Å². The average Bonchev–Trinajstić information content (AvgIpc) is 2.73. The summed E-state index contributed by atoms with van der Waals surface area (Å²) in [5.74, 6) is -0.302. The van der Waals surface area contributed by atoms with Gasteiger partial charge in [0.25, 0.3) is 0 Å². The van der Waals surface area contributed by atoms with E-state index >= 15 is 0 Å². The zero-order valence-electron chi connectivity index (χ0n) is 16.8. The lowest BCUT2D eigenvalue weighted by atomic mass is 9.92. The largest absolute Gasteiger partial charge is 0.248 e. The summed E-state index contributed by atoms with van der Waals surface area (Å²) >= 11 is 0. The Bertz CT molecular complexity index is 1220. The van der Waals surface area contributed by atoms with Crippen LogP contribution in [-0.2, 0) is 0 Å². The number of aromatic nitrogens is 1. The van der Waals surface area contributed by atoms with Crippen LogP contribution in [0, 0.1) is 5.82 Å². The minimum absolute atomic E-state index is 0.302. The summed E-state index contributed by atoms with van der Waals surface area (Å²) in [5.41, 5.74) is 5.11. The average molecular weight is 381 g/mol. The Kier molecular flexibility index (Phi) is 6.36. The first-order chi connectivity index (χ1) is 14.1. The standard InChI is InChI=1S/C27H24FN/c1-5-8-14-21-19(4)29-27(24-15-9-10-17-26(24)28)18-25(21)23-16-11-13-20(7-3)22(23)12-6-2/h5-18H,3-4H2,1-2H3/b8-5-,12-6-,21-14+. The smallest absolute Gasteiger partial charge is 0.132 e. The van der Waals surface area contributed by atoms with Gasteiger partial charge in [-0.25, -0.2) is 9.37 Å². The van der Waals surface area contributed by atoms with E-state index in [2.05, 4.69) is 30.3 Å². The summed E-state index contributed by atoms with van der Waals surface area (Å²) in [6.07, 6.45) is 11.8. The number of halogens is 1. The zero-order chi connectivity index (χ0) is 20.8. The number of benzene rings is 2. The van der Waals surface area contributed by atoms with Crippen LogP contribution in [0.2, 0.25) is 0 Å². The fourth-order valence-electron chi connectivity index (χ4n) is 3.36. The molecule has 144 valence electrons. The molecule has 1 aromatic heterocycles. The number of pyridine rings is 1. The third-order valence-corrected chi connectivity index (χ3v) is 4.73. The summed E-state index contributed by atoms with van der Waals surface area (Å²) in [6, 6.07) is 14.7.